The van der Waals surface area contributed by atoms with E-state index in [2.05, 4.69) is 26.1 Å². The lowest BCUT2D eigenvalue weighted by molar-refractivity contribution is -0.128. The summed E-state index contributed by atoms with van der Waals surface area (Å²) in [6, 6.07) is 4.31. The first kappa shape index (κ1) is 25.3. The van der Waals surface area contributed by atoms with Crippen molar-refractivity contribution in [2.45, 2.75) is 38.0 Å². The highest BCUT2D eigenvalue weighted by Gasteiger charge is 2.21. The molecule has 1 aliphatic heterocycles. The number of aromatic nitrogens is 2. The fraction of sp³-hybridized carbons (Fsp3) is 0.500. The summed E-state index contributed by atoms with van der Waals surface area (Å²) < 4.78 is 16.0. The van der Waals surface area contributed by atoms with Crippen molar-refractivity contribution in [3.63, 3.8) is 0 Å². The lowest BCUT2D eigenvalue weighted by atomic mass is 10.1. The number of aryl methyl sites for hydroxylation is 1. The van der Waals surface area contributed by atoms with Gasteiger partial charge in [0.1, 0.15) is 24.1 Å². The molecule has 3 N–H and O–H groups in total. The van der Waals surface area contributed by atoms with Gasteiger partial charge in [0.05, 0.1) is 30.7 Å². The molecule has 1 aliphatic rings. The second-order valence-corrected chi connectivity index (χ2v) is 8.59. The van der Waals surface area contributed by atoms with Crippen LogP contribution in [0.15, 0.2) is 22.7 Å². The van der Waals surface area contributed by atoms with Crippen LogP contribution in [0.1, 0.15) is 41.3 Å². The van der Waals surface area contributed by atoms with Crippen molar-refractivity contribution in [2.75, 3.05) is 32.6 Å². The summed E-state index contributed by atoms with van der Waals surface area (Å²) in [5.74, 6) is 1.73. The molecule has 2 heterocycles. The van der Waals surface area contributed by atoms with E-state index in [0.717, 1.165) is 0 Å². The average Bonchev–Trinajstić information content (AvgIpc) is 3.24. The minimum atomic E-state index is -0.676. The Morgan fingerprint density at radius 2 is 2.12 bits per heavy atom. The molecular weight excluding hydrogens is 462 g/mol. The maximum Gasteiger partial charge on any atom is 0.255 e. The number of benzene rings is 1. The summed E-state index contributed by atoms with van der Waals surface area (Å²) in [5.41, 5.74) is 0.405. The number of amides is 3. The minimum absolute atomic E-state index is 0.152. The second kappa shape index (κ2) is 12.8. The molecule has 1 atom stereocenters. The third-order valence-electron chi connectivity index (χ3n) is 4.98. The summed E-state index contributed by atoms with van der Waals surface area (Å²) in [5, 5.41) is 12.2. The first-order valence-electron chi connectivity index (χ1n) is 11.0. The van der Waals surface area contributed by atoms with Gasteiger partial charge in [-0.25, -0.2) is 0 Å². The third kappa shape index (κ3) is 7.65. The lowest BCUT2D eigenvalue weighted by Crippen LogP contribution is -2.48. The second-order valence-electron chi connectivity index (χ2n) is 7.60. The predicted molar refractivity (Wildman–Crippen MR) is 125 cm³/mol. The zero-order valence-electron chi connectivity index (χ0n) is 19.2. The van der Waals surface area contributed by atoms with E-state index in [1.165, 1.54) is 18.9 Å². The molecule has 0 unspecified atom stereocenters. The van der Waals surface area contributed by atoms with Crippen molar-refractivity contribution in [3.05, 3.63) is 35.5 Å². The van der Waals surface area contributed by atoms with Crippen molar-refractivity contribution < 1.29 is 28.4 Å². The highest BCUT2D eigenvalue weighted by atomic mass is 32.2. The Kier molecular flexibility index (Phi) is 9.56. The Labute approximate surface area is 201 Å². The normalized spacial score (nSPS) is 17.4. The first-order chi connectivity index (χ1) is 16.5. The first-order valence-corrected chi connectivity index (χ1v) is 12.1. The molecule has 0 saturated heterocycles. The van der Waals surface area contributed by atoms with Crippen LogP contribution >= 0.6 is 11.8 Å². The molecule has 0 spiro atoms. The molecule has 1 aromatic heterocycles. The number of hydrogen-bond acceptors (Lipinski definition) is 9. The van der Waals surface area contributed by atoms with Gasteiger partial charge < -0.3 is 29.9 Å². The van der Waals surface area contributed by atoms with E-state index >= 15 is 0 Å². The molecule has 1 aromatic carbocycles. The van der Waals surface area contributed by atoms with Crippen LogP contribution in [0.2, 0.25) is 0 Å². The number of rotatable bonds is 6. The smallest absolute Gasteiger partial charge is 0.255 e. The highest BCUT2D eigenvalue weighted by molar-refractivity contribution is 7.99. The van der Waals surface area contributed by atoms with Gasteiger partial charge in [-0.05, 0) is 38.3 Å². The molecule has 34 heavy (non-hydrogen) atoms. The molecule has 3 rings (SSSR count). The molecule has 12 heteroatoms. The minimum Gasteiger partial charge on any atom is -0.497 e. The van der Waals surface area contributed by atoms with E-state index in [0.29, 0.717) is 60.3 Å². The summed E-state index contributed by atoms with van der Waals surface area (Å²) >= 11 is 1.32. The summed E-state index contributed by atoms with van der Waals surface area (Å²) in [4.78, 5) is 41.8. The molecule has 0 bridgehead atoms. The fourth-order valence-corrected chi connectivity index (χ4v) is 3.96. The van der Waals surface area contributed by atoms with Crippen molar-refractivity contribution in [1.29, 1.82) is 0 Å². The van der Waals surface area contributed by atoms with E-state index in [1.807, 2.05) is 0 Å². The largest absolute Gasteiger partial charge is 0.497 e. The Morgan fingerprint density at radius 3 is 2.88 bits per heavy atom. The van der Waals surface area contributed by atoms with Crippen molar-refractivity contribution in [2.24, 2.45) is 0 Å². The van der Waals surface area contributed by atoms with Gasteiger partial charge in [0.15, 0.2) is 5.82 Å². The standard InChI is InChI=1S/C22H29N5O6S/c1-14-25-20(33-27-14)13-34-12-19(28)26-17-5-3-4-8-23-21(29)16-7-6-15(31-2)11-18(16)32-10-9-24-22(17)30/h6-7,11,17H,3-5,8-10,12-13H2,1-2H3,(H,23,29)(H,24,30)(H,26,28)/t17-/m0/s1. The zero-order chi connectivity index (χ0) is 24.3. The molecule has 2 aromatic rings. The molecule has 0 radical (unpaired) electrons. The molecule has 3 amide bonds. The van der Waals surface area contributed by atoms with E-state index in [-0.39, 0.29) is 36.6 Å². The third-order valence-corrected chi connectivity index (χ3v) is 5.89. The van der Waals surface area contributed by atoms with Crippen molar-refractivity contribution >= 4 is 29.5 Å². The van der Waals surface area contributed by atoms with Crippen LogP contribution in [0.4, 0.5) is 0 Å². The molecule has 0 aliphatic carbocycles. The van der Waals surface area contributed by atoms with Gasteiger partial charge in [0.25, 0.3) is 5.91 Å². The molecule has 0 saturated carbocycles. The maximum atomic E-state index is 12.7. The van der Waals surface area contributed by atoms with Crippen LogP contribution in [0.5, 0.6) is 11.5 Å². The number of nitrogens with one attached hydrogen (secondary N) is 3. The average molecular weight is 492 g/mol. The molecular formula is C22H29N5O6S. The van der Waals surface area contributed by atoms with Crippen molar-refractivity contribution in [1.82, 2.24) is 26.1 Å². The number of carbonyl (C=O) groups is 3. The van der Waals surface area contributed by atoms with Crippen LogP contribution in [0.3, 0.4) is 0 Å². The van der Waals surface area contributed by atoms with E-state index in [9.17, 15) is 14.4 Å². The van der Waals surface area contributed by atoms with Gasteiger partial charge >= 0.3 is 0 Å². The Morgan fingerprint density at radius 1 is 1.26 bits per heavy atom. The Hall–Kier alpha value is -3.28. The van der Waals surface area contributed by atoms with Crippen molar-refractivity contribution in [3.8, 4) is 11.5 Å². The van der Waals surface area contributed by atoms with E-state index < -0.39 is 6.04 Å². The SMILES string of the molecule is COc1ccc2c(c1)OCCNC(=O)[C@@H](NC(=O)CSCc1nc(C)no1)CCCCNC2=O. The van der Waals surface area contributed by atoms with E-state index in [1.54, 1.807) is 25.1 Å². The highest BCUT2D eigenvalue weighted by Crippen LogP contribution is 2.25. The van der Waals surface area contributed by atoms with Gasteiger partial charge in [-0.1, -0.05) is 5.16 Å². The molecule has 184 valence electrons. The molecule has 0 fully saturated rings. The number of ether oxygens (including phenoxy) is 2. The number of thioether (sulfide) groups is 1. The van der Waals surface area contributed by atoms with E-state index in [4.69, 9.17) is 14.0 Å². The van der Waals surface area contributed by atoms with Crippen LogP contribution in [0.25, 0.3) is 0 Å². The summed E-state index contributed by atoms with van der Waals surface area (Å²) in [6.07, 6.45) is 1.76. The van der Waals surface area contributed by atoms with Crippen LogP contribution in [0, 0.1) is 6.92 Å². The molecule has 11 nitrogen and oxygen atoms in total. The maximum absolute atomic E-state index is 12.7. The van der Waals surface area contributed by atoms with Gasteiger partial charge in [-0.15, -0.1) is 11.8 Å². The Balaban J connectivity index is 1.55. The summed E-state index contributed by atoms with van der Waals surface area (Å²) in [6.45, 7) is 2.53. The topological polar surface area (TPSA) is 145 Å². The number of carbonyl (C=O) groups excluding carboxylic acids is 3. The van der Waals surface area contributed by atoms with Gasteiger partial charge in [0, 0.05) is 12.6 Å². The van der Waals surface area contributed by atoms with Gasteiger partial charge in [0.2, 0.25) is 17.7 Å². The number of fused-ring (bicyclic) bond motifs is 1. The van der Waals surface area contributed by atoms with Crippen LogP contribution in [-0.2, 0) is 15.3 Å². The van der Waals surface area contributed by atoms with Crippen LogP contribution < -0.4 is 25.4 Å². The summed E-state index contributed by atoms with van der Waals surface area (Å²) in [7, 11) is 1.53. The Bertz CT molecular complexity index is 998. The van der Waals surface area contributed by atoms with Crippen LogP contribution in [-0.4, -0.2) is 66.5 Å². The van der Waals surface area contributed by atoms with Gasteiger partial charge in [-0.2, -0.15) is 4.98 Å². The van der Waals surface area contributed by atoms with Gasteiger partial charge in [-0.3, -0.25) is 14.4 Å². The number of methoxy groups -OCH3 is 1. The lowest BCUT2D eigenvalue weighted by Gasteiger charge is -2.20. The quantitative estimate of drug-likeness (QED) is 0.543. The predicted octanol–water partition coefficient (Wildman–Crippen LogP) is 1.21. The zero-order valence-corrected chi connectivity index (χ0v) is 20.0. The fourth-order valence-electron chi connectivity index (χ4n) is 3.30. The monoisotopic (exact) mass is 491 g/mol. The number of hydrogen-bond donors (Lipinski definition) is 3. The number of nitrogens with zero attached hydrogens (tertiary/aromatic N) is 2.